The molecule has 0 aliphatic carbocycles. The number of piperazine rings is 1. The lowest BCUT2D eigenvalue weighted by molar-refractivity contribution is 0.311. The van der Waals surface area contributed by atoms with Crippen molar-refractivity contribution in [3.05, 3.63) is 66.1 Å². The molecule has 0 spiro atoms. The highest BCUT2D eigenvalue weighted by Crippen LogP contribution is 2.28. The number of aryl methyl sites for hydroxylation is 1. The fraction of sp³-hybridized carbons (Fsp3) is 0.370. The predicted molar refractivity (Wildman–Crippen MR) is 148 cm³/mol. The molecule has 37 heavy (non-hydrogen) atoms. The summed E-state index contributed by atoms with van der Waals surface area (Å²) in [6, 6.07) is 13.6. The summed E-state index contributed by atoms with van der Waals surface area (Å²) in [7, 11) is -1.60. The Morgan fingerprint density at radius 3 is 2.32 bits per heavy atom. The molecule has 1 aliphatic heterocycles. The van der Waals surface area contributed by atoms with Crippen molar-refractivity contribution in [2.24, 2.45) is 0 Å². The lowest BCUT2D eigenvalue weighted by atomic mass is 10.1. The van der Waals surface area contributed by atoms with Gasteiger partial charge in [0, 0.05) is 61.0 Å². The number of sulfonamides is 1. The van der Waals surface area contributed by atoms with Crippen molar-refractivity contribution < 1.29 is 12.8 Å². The summed E-state index contributed by atoms with van der Waals surface area (Å²) < 4.78 is 43.1. The summed E-state index contributed by atoms with van der Waals surface area (Å²) in [5.74, 6) is 0.264. The molecule has 198 valence electrons. The van der Waals surface area contributed by atoms with Gasteiger partial charge in [0.15, 0.2) is 0 Å². The summed E-state index contributed by atoms with van der Waals surface area (Å²) >= 11 is 0. The number of halogens is 1. The quantitative estimate of drug-likeness (QED) is 0.406. The lowest BCUT2D eigenvalue weighted by Crippen LogP contribution is -2.44. The number of pyridine rings is 1. The van der Waals surface area contributed by atoms with Crippen LogP contribution in [0.25, 0.3) is 0 Å². The van der Waals surface area contributed by atoms with Gasteiger partial charge in [-0.25, -0.2) is 22.5 Å². The van der Waals surface area contributed by atoms with Gasteiger partial charge in [0.2, 0.25) is 10.0 Å². The van der Waals surface area contributed by atoms with E-state index in [1.165, 1.54) is 6.07 Å². The normalized spacial score (nSPS) is 15.0. The molecule has 3 aromatic rings. The van der Waals surface area contributed by atoms with Crippen LogP contribution in [0.3, 0.4) is 0 Å². The monoisotopic (exact) mass is 526 g/mol. The van der Waals surface area contributed by atoms with Gasteiger partial charge in [0.05, 0.1) is 10.6 Å². The molecule has 0 unspecified atom stereocenters. The summed E-state index contributed by atoms with van der Waals surface area (Å²) in [6.45, 7) is 10.7. The number of nitrogens with one attached hydrogen (secondary N) is 3. The van der Waals surface area contributed by atoms with Gasteiger partial charge >= 0.3 is 0 Å². The summed E-state index contributed by atoms with van der Waals surface area (Å²) in [5.41, 5.74) is 2.87. The molecule has 3 N–H and O–H groups in total. The second kappa shape index (κ2) is 10.6. The second-order valence-electron chi connectivity index (χ2n) is 10.5. The minimum atomic E-state index is -3.67. The lowest BCUT2D eigenvalue weighted by Gasteiger charge is -2.34. The van der Waals surface area contributed by atoms with Crippen molar-refractivity contribution in [3.8, 4) is 0 Å². The van der Waals surface area contributed by atoms with Crippen LogP contribution in [0, 0.1) is 12.7 Å². The topological polar surface area (TPSA) is 89.6 Å². The van der Waals surface area contributed by atoms with Crippen LogP contribution in [0.15, 0.2) is 59.6 Å². The minimum Gasteiger partial charge on any atom is -0.367 e. The third-order valence-electron chi connectivity index (χ3n) is 6.03. The van der Waals surface area contributed by atoms with E-state index >= 15 is 0 Å². The Morgan fingerprint density at radius 1 is 0.946 bits per heavy atom. The number of likely N-dealkylation sites (N-methyl/N-ethyl adjacent to an activating group) is 1. The standard InChI is InChI=1S/C27H35FN6O2S/c1-19-18-29-26(31-21-9-10-25(23(28)16-21)34-13-11-33(5)12-14-34)17-24(19)30-20-7-6-8-22(15-20)37(35,36)32-27(2,3)4/h6-10,15-18,32H,11-14H2,1-5H3,(H2,29,30,31). The third-order valence-corrected chi connectivity index (χ3v) is 7.79. The van der Waals surface area contributed by atoms with Crippen LogP contribution in [0.4, 0.5) is 33.0 Å². The highest BCUT2D eigenvalue weighted by Gasteiger charge is 2.22. The predicted octanol–water partition coefficient (Wildman–Crippen LogP) is 4.84. The molecule has 2 heterocycles. The zero-order valence-electron chi connectivity index (χ0n) is 22.0. The first-order valence-corrected chi connectivity index (χ1v) is 13.8. The Kier molecular flexibility index (Phi) is 7.72. The van der Waals surface area contributed by atoms with Crippen molar-refractivity contribution in [1.29, 1.82) is 0 Å². The highest BCUT2D eigenvalue weighted by atomic mass is 32.2. The number of hydrogen-bond donors (Lipinski definition) is 3. The van der Waals surface area contributed by atoms with Gasteiger partial charge < -0.3 is 20.4 Å². The molecule has 8 nitrogen and oxygen atoms in total. The molecule has 1 fully saturated rings. The number of hydrogen-bond acceptors (Lipinski definition) is 7. The van der Waals surface area contributed by atoms with Crippen molar-refractivity contribution in [3.63, 3.8) is 0 Å². The molecule has 1 aromatic heterocycles. The first-order chi connectivity index (χ1) is 17.4. The van der Waals surface area contributed by atoms with E-state index in [-0.39, 0.29) is 10.7 Å². The molecule has 0 saturated carbocycles. The van der Waals surface area contributed by atoms with Gasteiger partial charge in [-0.2, -0.15) is 0 Å². The van der Waals surface area contributed by atoms with Crippen LogP contribution in [-0.2, 0) is 10.0 Å². The Labute approximate surface area is 219 Å². The summed E-state index contributed by atoms with van der Waals surface area (Å²) in [6.07, 6.45) is 1.71. The SMILES string of the molecule is Cc1cnc(Nc2ccc(N3CCN(C)CC3)c(F)c2)cc1Nc1cccc(S(=O)(=O)NC(C)(C)C)c1. The fourth-order valence-electron chi connectivity index (χ4n) is 4.12. The molecule has 2 aromatic carbocycles. The highest BCUT2D eigenvalue weighted by molar-refractivity contribution is 7.89. The zero-order valence-corrected chi connectivity index (χ0v) is 22.8. The maximum atomic E-state index is 14.9. The number of rotatable bonds is 7. The maximum Gasteiger partial charge on any atom is 0.241 e. The molecule has 1 aliphatic rings. The van der Waals surface area contributed by atoms with Gasteiger partial charge in [-0.05, 0) is 76.7 Å². The van der Waals surface area contributed by atoms with Crippen LogP contribution < -0.4 is 20.3 Å². The Balaban J connectivity index is 1.50. The Hall–Kier alpha value is -3.21. The van der Waals surface area contributed by atoms with E-state index in [0.29, 0.717) is 22.9 Å². The fourth-order valence-corrected chi connectivity index (χ4v) is 5.59. The molecule has 0 radical (unpaired) electrons. The van der Waals surface area contributed by atoms with Gasteiger partial charge in [0.25, 0.3) is 0 Å². The van der Waals surface area contributed by atoms with Gasteiger partial charge in [-0.15, -0.1) is 0 Å². The average Bonchev–Trinajstić information content (AvgIpc) is 2.81. The van der Waals surface area contributed by atoms with E-state index in [2.05, 4.69) is 37.2 Å². The van der Waals surface area contributed by atoms with Crippen molar-refractivity contribution in [2.75, 3.05) is 48.8 Å². The maximum absolute atomic E-state index is 14.9. The number of benzene rings is 2. The first kappa shape index (κ1) is 26.8. The van der Waals surface area contributed by atoms with Crippen LogP contribution in [0.1, 0.15) is 26.3 Å². The number of anilines is 5. The van der Waals surface area contributed by atoms with E-state index in [4.69, 9.17) is 0 Å². The smallest absolute Gasteiger partial charge is 0.241 e. The summed E-state index contributed by atoms with van der Waals surface area (Å²) in [5, 5.41) is 6.46. The van der Waals surface area contributed by atoms with Crippen LogP contribution >= 0.6 is 0 Å². The average molecular weight is 527 g/mol. The van der Waals surface area contributed by atoms with E-state index < -0.39 is 15.6 Å². The van der Waals surface area contributed by atoms with Gasteiger partial charge in [-0.1, -0.05) is 6.07 Å². The molecule has 4 rings (SSSR count). The molecule has 0 atom stereocenters. The largest absolute Gasteiger partial charge is 0.367 e. The van der Waals surface area contributed by atoms with E-state index in [1.54, 1.807) is 57.3 Å². The molecule has 10 heteroatoms. The molecular formula is C27H35FN6O2S. The molecule has 0 amide bonds. The van der Waals surface area contributed by atoms with Crippen LogP contribution in [-0.4, -0.2) is 57.1 Å². The second-order valence-corrected chi connectivity index (χ2v) is 12.2. The van der Waals surface area contributed by atoms with Crippen molar-refractivity contribution in [1.82, 2.24) is 14.6 Å². The van der Waals surface area contributed by atoms with Gasteiger partial charge in [0.1, 0.15) is 11.6 Å². The number of aromatic nitrogens is 1. The summed E-state index contributed by atoms with van der Waals surface area (Å²) in [4.78, 5) is 8.90. The van der Waals surface area contributed by atoms with E-state index in [0.717, 1.165) is 37.4 Å². The Morgan fingerprint density at radius 2 is 1.65 bits per heavy atom. The van der Waals surface area contributed by atoms with Crippen LogP contribution in [0.2, 0.25) is 0 Å². The first-order valence-electron chi connectivity index (χ1n) is 12.3. The number of nitrogens with zero attached hydrogens (tertiary/aromatic N) is 3. The third kappa shape index (κ3) is 6.97. The van der Waals surface area contributed by atoms with Crippen molar-refractivity contribution in [2.45, 2.75) is 38.1 Å². The van der Waals surface area contributed by atoms with Crippen molar-refractivity contribution >= 4 is 38.6 Å². The van der Waals surface area contributed by atoms with Gasteiger partial charge in [-0.3, -0.25) is 0 Å². The molecule has 0 bridgehead atoms. The zero-order chi connectivity index (χ0) is 26.8. The van der Waals surface area contributed by atoms with Crippen LogP contribution in [0.5, 0.6) is 0 Å². The minimum absolute atomic E-state index is 0.174. The van der Waals surface area contributed by atoms with E-state index in [9.17, 15) is 12.8 Å². The molecule has 1 saturated heterocycles. The van der Waals surface area contributed by atoms with E-state index in [1.807, 2.05) is 19.1 Å². The Bertz CT molecular complexity index is 1370. The molecular weight excluding hydrogens is 491 g/mol.